The Hall–Kier alpha value is -0.770. The molecule has 2 amide bonds. The standard InChI is InChI=1S/C11H20N2O2/c1-11(2)7-9(5-6-15-11)13-10(14)12-8-3-4-8/h8-9H,3-7H2,1-2H3,(H2,12,13,14). The van der Waals surface area contributed by atoms with Gasteiger partial charge in [0.15, 0.2) is 0 Å². The smallest absolute Gasteiger partial charge is 0.315 e. The van der Waals surface area contributed by atoms with Crippen LogP contribution >= 0.6 is 0 Å². The summed E-state index contributed by atoms with van der Waals surface area (Å²) in [5.74, 6) is 0. The number of urea groups is 1. The first-order valence-electron chi connectivity index (χ1n) is 5.76. The van der Waals surface area contributed by atoms with Crippen molar-refractivity contribution < 1.29 is 9.53 Å². The maximum absolute atomic E-state index is 11.5. The van der Waals surface area contributed by atoms with Crippen molar-refractivity contribution in [2.75, 3.05) is 6.61 Å². The molecule has 0 aromatic heterocycles. The summed E-state index contributed by atoms with van der Waals surface area (Å²) < 4.78 is 5.60. The lowest BCUT2D eigenvalue weighted by atomic mass is 9.94. The second-order valence-corrected chi connectivity index (χ2v) is 5.19. The molecule has 1 heterocycles. The Morgan fingerprint density at radius 3 is 2.47 bits per heavy atom. The average molecular weight is 212 g/mol. The van der Waals surface area contributed by atoms with Crippen molar-refractivity contribution >= 4 is 6.03 Å². The van der Waals surface area contributed by atoms with Crippen LogP contribution < -0.4 is 10.6 Å². The zero-order valence-electron chi connectivity index (χ0n) is 9.51. The maximum Gasteiger partial charge on any atom is 0.315 e. The molecule has 1 unspecified atom stereocenters. The van der Waals surface area contributed by atoms with Gasteiger partial charge in [-0.05, 0) is 39.5 Å². The molecule has 2 N–H and O–H groups in total. The van der Waals surface area contributed by atoms with E-state index in [2.05, 4.69) is 24.5 Å². The topological polar surface area (TPSA) is 50.4 Å². The van der Waals surface area contributed by atoms with Gasteiger partial charge >= 0.3 is 6.03 Å². The van der Waals surface area contributed by atoms with Crippen molar-refractivity contribution in [1.29, 1.82) is 0 Å². The molecule has 1 saturated carbocycles. The highest BCUT2D eigenvalue weighted by Crippen LogP contribution is 2.24. The van der Waals surface area contributed by atoms with Gasteiger partial charge in [0.2, 0.25) is 0 Å². The maximum atomic E-state index is 11.5. The number of carbonyl (C=O) groups is 1. The van der Waals surface area contributed by atoms with Crippen LogP contribution in [0.3, 0.4) is 0 Å². The largest absolute Gasteiger partial charge is 0.375 e. The van der Waals surface area contributed by atoms with E-state index in [-0.39, 0.29) is 17.7 Å². The number of amides is 2. The highest BCUT2D eigenvalue weighted by molar-refractivity contribution is 5.74. The number of hydrogen-bond acceptors (Lipinski definition) is 2. The van der Waals surface area contributed by atoms with Gasteiger partial charge in [0.25, 0.3) is 0 Å². The number of carbonyl (C=O) groups excluding carboxylic acids is 1. The Balaban J connectivity index is 1.75. The van der Waals surface area contributed by atoms with Crippen molar-refractivity contribution in [3.63, 3.8) is 0 Å². The highest BCUT2D eigenvalue weighted by Gasteiger charge is 2.30. The third-order valence-corrected chi connectivity index (χ3v) is 2.94. The number of hydrogen-bond donors (Lipinski definition) is 2. The van der Waals surface area contributed by atoms with Gasteiger partial charge in [-0.2, -0.15) is 0 Å². The molecule has 86 valence electrons. The molecule has 2 rings (SSSR count). The molecule has 15 heavy (non-hydrogen) atoms. The zero-order chi connectivity index (χ0) is 10.9. The molecule has 0 bridgehead atoms. The Morgan fingerprint density at radius 2 is 1.87 bits per heavy atom. The predicted octanol–water partition coefficient (Wildman–Crippen LogP) is 1.41. The third kappa shape index (κ3) is 3.38. The minimum Gasteiger partial charge on any atom is -0.375 e. The lowest BCUT2D eigenvalue weighted by Gasteiger charge is -2.35. The second-order valence-electron chi connectivity index (χ2n) is 5.19. The first-order valence-corrected chi connectivity index (χ1v) is 5.76. The van der Waals surface area contributed by atoms with E-state index in [4.69, 9.17) is 4.74 Å². The van der Waals surface area contributed by atoms with Gasteiger partial charge in [-0.25, -0.2) is 4.79 Å². The first-order chi connectivity index (χ1) is 7.05. The van der Waals surface area contributed by atoms with Crippen molar-refractivity contribution in [2.24, 2.45) is 0 Å². The van der Waals surface area contributed by atoms with Crippen LogP contribution in [0.4, 0.5) is 4.79 Å². The van der Waals surface area contributed by atoms with Gasteiger partial charge in [0, 0.05) is 18.7 Å². The molecular formula is C11H20N2O2. The molecular weight excluding hydrogens is 192 g/mol. The summed E-state index contributed by atoms with van der Waals surface area (Å²) in [6.45, 7) is 4.88. The van der Waals surface area contributed by atoms with Gasteiger partial charge in [0.1, 0.15) is 0 Å². The van der Waals surface area contributed by atoms with E-state index in [1.807, 2.05) is 0 Å². The second kappa shape index (κ2) is 4.00. The summed E-state index contributed by atoms with van der Waals surface area (Å²) in [6, 6.07) is 0.672. The summed E-state index contributed by atoms with van der Waals surface area (Å²) in [4.78, 5) is 11.5. The Bertz CT molecular complexity index is 249. The van der Waals surface area contributed by atoms with Gasteiger partial charge in [0.05, 0.1) is 5.60 Å². The number of rotatable bonds is 2. The molecule has 0 spiro atoms. The van der Waals surface area contributed by atoms with Crippen molar-refractivity contribution in [3.05, 3.63) is 0 Å². The molecule has 2 fully saturated rings. The van der Waals surface area contributed by atoms with Gasteiger partial charge in [-0.15, -0.1) is 0 Å². The predicted molar refractivity (Wildman–Crippen MR) is 57.7 cm³/mol. The van der Waals surface area contributed by atoms with Crippen LogP contribution in [0.25, 0.3) is 0 Å². The minimum atomic E-state index is -0.101. The SMILES string of the molecule is CC1(C)CC(NC(=O)NC2CC2)CCO1. The van der Waals surface area contributed by atoms with Gasteiger partial charge in [-0.1, -0.05) is 0 Å². The molecule has 1 atom stereocenters. The van der Waals surface area contributed by atoms with Crippen molar-refractivity contribution in [2.45, 2.75) is 57.2 Å². The third-order valence-electron chi connectivity index (χ3n) is 2.94. The quantitative estimate of drug-likeness (QED) is 0.727. The lowest BCUT2D eigenvalue weighted by Crippen LogP contribution is -2.49. The van der Waals surface area contributed by atoms with Crippen LogP contribution in [0.2, 0.25) is 0 Å². The Morgan fingerprint density at radius 1 is 1.20 bits per heavy atom. The first kappa shape index (κ1) is 10.7. The molecule has 0 radical (unpaired) electrons. The fraction of sp³-hybridized carbons (Fsp3) is 0.909. The summed E-state index contributed by atoms with van der Waals surface area (Å²) in [7, 11) is 0. The lowest BCUT2D eigenvalue weighted by molar-refractivity contribution is -0.0611. The minimum absolute atomic E-state index is 0.0137. The van der Waals surface area contributed by atoms with Crippen LogP contribution in [0.5, 0.6) is 0 Å². The Kier molecular flexibility index (Phi) is 2.87. The van der Waals surface area contributed by atoms with E-state index < -0.39 is 0 Å². The normalized spacial score (nSPS) is 29.6. The van der Waals surface area contributed by atoms with Crippen molar-refractivity contribution in [1.82, 2.24) is 10.6 Å². The van der Waals surface area contributed by atoms with E-state index in [1.54, 1.807) is 0 Å². The van der Waals surface area contributed by atoms with E-state index in [1.165, 1.54) is 0 Å². The highest BCUT2D eigenvalue weighted by atomic mass is 16.5. The molecule has 2 aliphatic rings. The molecule has 1 saturated heterocycles. The van der Waals surface area contributed by atoms with E-state index in [0.717, 1.165) is 32.3 Å². The zero-order valence-corrected chi connectivity index (χ0v) is 9.51. The van der Waals surface area contributed by atoms with Crippen molar-refractivity contribution in [3.8, 4) is 0 Å². The molecule has 4 heteroatoms. The summed E-state index contributed by atoms with van der Waals surface area (Å²) >= 11 is 0. The van der Waals surface area contributed by atoms with Crippen LogP contribution in [0.1, 0.15) is 39.5 Å². The fourth-order valence-corrected chi connectivity index (χ4v) is 2.00. The molecule has 4 nitrogen and oxygen atoms in total. The van der Waals surface area contributed by atoms with Crippen LogP contribution in [0, 0.1) is 0 Å². The Labute approximate surface area is 90.8 Å². The molecule has 1 aliphatic heterocycles. The van der Waals surface area contributed by atoms with Crippen LogP contribution in [-0.2, 0) is 4.74 Å². The van der Waals surface area contributed by atoms with E-state index >= 15 is 0 Å². The van der Waals surface area contributed by atoms with E-state index in [9.17, 15) is 4.79 Å². The van der Waals surface area contributed by atoms with E-state index in [0.29, 0.717) is 6.04 Å². The van der Waals surface area contributed by atoms with Crippen LogP contribution in [-0.4, -0.2) is 30.3 Å². The fourth-order valence-electron chi connectivity index (χ4n) is 2.00. The number of ether oxygens (including phenoxy) is 1. The van der Waals surface area contributed by atoms with Gasteiger partial charge < -0.3 is 15.4 Å². The number of nitrogens with one attached hydrogen (secondary N) is 2. The molecule has 0 aromatic rings. The summed E-state index contributed by atoms with van der Waals surface area (Å²) in [5, 5.41) is 5.95. The molecule has 1 aliphatic carbocycles. The van der Waals surface area contributed by atoms with Crippen LogP contribution in [0.15, 0.2) is 0 Å². The summed E-state index contributed by atoms with van der Waals surface area (Å²) in [6.07, 6.45) is 4.08. The monoisotopic (exact) mass is 212 g/mol. The summed E-state index contributed by atoms with van der Waals surface area (Å²) in [5.41, 5.74) is -0.101. The van der Waals surface area contributed by atoms with Gasteiger partial charge in [-0.3, -0.25) is 0 Å². The average Bonchev–Trinajstić information content (AvgIpc) is 2.85. The molecule has 0 aromatic carbocycles.